The maximum Gasteiger partial charge on any atom is 0.363 e. The lowest BCUT2D eigenvalue weighted by Gasteiger charge is -2.02. The molecule has 2 aromatic carbocycles. The molecule has 1 aliphatic rings. The van der Waals surface area contributed by atoms with Gasteiger partial charge in [-0.25, -0.2) is 9.79 Å². The number of cyclic esters (lactones) is 1. The summed E-state index contributed by atoms with van der Waals surface area (Å²) in [4.78, 5) is 28.6. The summed E-state index contributed by atoms with van der Waals surface area (Å²) in [7, 11) is 0. The lowest BCUT2D eigenvalue weighted by atomic mass is 10.2. The van der Waals surface area contributed by atoms with Crippen LogP contribution in [0.1, 0.15) is 23.0 Å². The van der Waals surface area contributed by atoms with Crippen molar-refractivity contribution in [1.82, 2.24) is 4.57 Å². The summed E-state index contributed by atoms with van der Waals surface area (Å²) in [5, 5.41) is 1.72. The number of aliphatic imine (C=N–C) groups is 1. The highest BCUT2D eigenvalue weighted by Crippen LogP contribution is 2.27. The number of hydrogen-bond donors (Lipinski definition) is 0. The average Bonchev–Trinajstić information content (AvgIpc) is 3.23. The molecule has 0 saturated carbocycles. The molecule has 5 nitrogen and oxygen atoms in total. The van der Waals surface area contributed by atoms with Gasteiger partial charge in [0.15, 0.2) is 5.70 Å². The number of aromatic nitrogens is 1. The molecule has 2 heterocycles. The lowest BCUT2D eigenvalue weighted by Crippen LogP contribution is -2.07. The van der Waals surface area contributed by atoms with Crippen molar-refractivity contribution < 1.29 is 14.3 Å². The molecule has 3 aromatic rings. The van der Waals surface area contributed by atoms with Crippen molar-refractivity contribution in [1.29, 1.82) is 0 Å². The fraction of sp³-hybridized carbons (Fsp3) is 0.0455. The first-order valence-corrected chi connectivity index (χ1v) is 9.46. The average molecular weight is 425 g/mol. The number of fused-ring (bicyclic) bond motifs is 1. The van der Waals surface area contributed by atoms with Crippen LogP contribution in [-0.2, 0) is 9.53 Å². The number of ether oxygens (including phenoxy) is 1. The van der Waals surface area contributed by atoms with Gasteiger partial charge in [-0.3, -0.25) is 9.36 Å². The Labute approximate surface area is 176 Å². The Morgan fingerprint density at radius 1 is 1.10 bits per heavy atom. The number of carbonyl (C=O) groups excluding carboxylic acids is 2. The predicted molar refractivity (Wildman–Crippen MR) is 115 cm³/mol. The molecule has 144 valence electrons. The van der Waals surface area contributed by atoms with Crippen LogP contribution in [0.25, 0.3) is 23.1 Å². The zero-order valence-corrected chi connectivity index (χ0v) is 16.7. The molecule has 0 aliphatic carbocycles. The van der Waals surface area contributed by atoms with Crippen LogP contribution in [-0.4, -0.2) is 22.3 Å². The summed E-state index contributed by atoms with van der Waals surface area (Å²) in [6.07, 6.45) is 4.74. The van der Waals surface area contributed by atoms with E-state index in [1.54, 1.807) is 24.3 Å². The van der Waals surface area contributed by atoms with Gasteiger partial charge in [0.25, 0.3) is 0 Å². The first kappa shape index (κ1) is 19.2. The Balaban J connectivity index is 1.69. The van der Waals surface area contributed by atoms with Crippen LogP contribution in [0, 0.1) is 0 Å². The molecule has 0 atom stereocenters. The molecule has 0 spiro atoms. The van der Waals surface area contributed by atoms with Crippen LogP contribution < -0.4 is 0 Å². The maximum atomic E-state index is 12.2. The number of halogens is 2. The van der Waals surface area contributed by atoms with Crippen LogP contribution in [0.5, 0.6) is 0 Å². The third-order valence-corrected chi connectivity index (χ3v) is 5.20. The number of rotatable bonds is 3. The molecular formula is C22H14Cl2N2O3. The van der Waals surface area contributed by atoms with Crippen LogP contribution in [0.3, 0.4) is 0 Å². The van der Waals surface area contributed by atoms with Gasteiger partial charge in [-0.2, -0.15) is 0 Å². The minimum absolute atomic E-state index is 0.104. The second-order valence-corrected chi connectivity index (χ2v) is 7.11. The molecular weight excluding hydrogens is 411 g/mol. The zero-order valence-electron chi connectivity index (χ0n) is 15.2. The summed E-state index contributed by atoms with van der Waals surface area (Å²) in [6, 6.07) is 14.5. The van der Waals surface area contributed by atoms with Crippen molar-refractivity contribution in [3.8, 4) is 0 Å². The third-order valence-electron chi connectivity index (χ3n) is 4.36. The van der Waals surface area contributed by atoms with Crippen LogP contribution in [0.4, 0.5) is 0 Å². The monoisotopic (exact) mass is 424 g/mol. The smallest absolute Gasteiger partial charge is 0.363 e. The largest absolute Gasteiger partial charge is 0.403 e. The molecule has 0 fully saturated rings. The van der Waals surface area contributed by atoms with Crippen LogP contribution in [0.15, 0.2) is 65.3 Å². The minimum atomic E-state index is -0.595. The fourth-order valence-electron chi connectivity index (χ4n) is 3.08. The van der Waals surface area contributed by atoms with E-state index in [4.69, 9.17) is 27.9 Å². The standard InChI is InChI=1S/C22H14Cl2N2O3/c1-13(27)26-16(11-15-5-2-3-8-19(15)26)12-18-22(28)29-20(25-18)10-9-14-6-4-7-17(23)21(14)24/h2-12H,1H3. The van der Waals surface area contributed by atoms with Crippen molar-refractivity contribution in [3.63, 3.8) is 0 Å². The molecule has 0 radical (unpaired) electrons. The lowest BCUT2D eigenvalue weighted by molar-refractivity contribution is -0.129. The van der Waals surface area contributed by atoms with Crippen molar-refractivity contribution >= 4 is 64.0 Å². The number of nitrogens with zero attached hydrogens (tertiary/aromatic N) is 2. The van der Waals surface area contributed by atoms with Gasteiger partial charge in [0.2, 0.25) is 11.8 Å². The van der Waals surface area contributed by atoms with E-state index in [0.717, 1.165) is 10.9 Å². The van der Waals surface area contributed by atoms with Crippen molar-refractivity contribution in [2.75, 3.05) is 0 Å². The Bertz CT molecular complexity index is 1250. The molecule has 0 saturated heterocycles. The van der Waals surface area contributed by atoms with Crippen molar-refractivity contribution in [3.05, 3.63) is 81.6 Å². The third kappa shape index (κ3) is 3.75. The van der Waals surface area contributed by atoms with E-state index in [1.165, 1.54) is 23.6 Å². The predicted octanol–water partition coefficient (Wildman–Crippen LogP) is 5.62. The highest BCUT2D eigenvalue weighted by molar-refractivity contribution is 6.42. The topological polar surface area (TPSA) is 60.7 Å². The number of benzene rings is 2. The Hall–Kier alpha value is -3.15. The van der Waals surface area contributed by atoms with E-state index in [1.807, 2.05) is 30.3 Å². The number of para-hydroxylation sites is 1. The van der Waals surface area contributed by atoms with Crippen LogP contribution in [0.2, 0.25) is 10.0 Å². The fourth-order valence-corrected chi connectivity index (χ4v) is 3.45. The van der Waals surface area contributed by atoms with Gasteiger partial charge in [-0.1, -0.05) is 53.5 Å². The van der Waals surface area contributed by atoms with Gasteiger partial charge in [0, 0.05) is 18.4 Å². The summed E-state index contributed by atoms with van der Waals surface area (Å²) >= 11 is 12.2. The molecule has 7 heteroatoms. The molecule has 4 rings (SSSR count). The number of hydrogen-bond acceptors (Lipinski definition) is 4. The van der Waals surface area contributed by atoms with E-state index in [-0.39, 0.29) is 17.5 Å². The Morgan fingerprint density at radius 3 is 2.69 bits per heavy atom. The highest BCUT2D eigenvalue weighted by atomic mass is 35.5. The molecule has 0 N–H and O–H groups in total. The quantitative estimate of drug-likeness (QED) is 0.404. The SMILES string of the molecule is CC(=O)n1c(C=C2N=C(C=Cc3cccc(Cl)c3Cl)OC2=O)cc2ccccc21. The van der Waals surface area contributed by atoms with E-state index >= 15 is 0 Å². The summed E-state index contributed by atoms with van der Waals surface area (Å²) in [5.41, 5.74) is 2.09. The van der Waals surface area contributed by atoms with Gasteiger partial charge in [0.1, 0.15) is 0 Å². The van der Waals surface area contributed by atoms with E-state index < -0.39 is 5.97 Å². The molecule has 1 aromatic heterocycles. The van der Waals surface area contributed by atoms with Crippen LogP contribution >= 0.6 is 23.2 Å². The summed E-state index contributed by atoms with van der Waals surface area (Å²) in [5.74, 6) is -0.630. The second kappa shape index (κ2) is 7.70. The Morgan fingerprint density at radius 2 is 1.90 bits per heavy atom. The minimum Gasteiger partial charge on any atom is -0.403 e. The van der Waals surface area contributed by atoms with Gasteiger partial charge in [0.05, 0.1) is 21.3 Å². The molecule has 1 aliphatic heterocycles. The van der Waals surface area contributed by atoms with Crippen molar-refractivity contribution in [2.24, 2.45) is 4.99 Å². The first-order chi connectivity index (χ1) is 13.9. The molecule has 29 heavy (non-hydrogen) atoms. The van der Waals surface area contributed by atoms with Crippen molar-refractivity contribution in [2.45, 2.75) is 6.92 Å². The van der Waals surface area contributed by atoms with Gasteiger partial charge in [-0.15, -0.1) is 0 Å². The van der Waals surface area contributed by atoms with E-state index in [0.29, 0.717) is 21.3 Å². The van der Waals surface area contributed by atoms with E-state index in [2.05, 4.69) is 4.99 Å². The first-order valence-electron chi connectivity index (χ1n) is 8.70. The number of carbonyl (C=O) groups is 2. The van der Waals surface area contributed by atoms with Gasteiger partial charge >= 0.3 is 5.97 Å². The molecule has 0 amide bonds. The van der Waals surface area contributed by atoms with Gasteiger partial charge in [-0.05, 0) is 35.9 Å². The molecule has 0 bridgehead atoms. The summed E-state index contributed by atoms with van der Waals surface area (Å²) < 4.78 is 6.73. The van der Waals surface area contributed by atoms with E-state index in [9.17, 15) is 9.59 Å². The van der Waals surface area contributed by atoms with Gasteiger partial charge < -0.3 is 4.74 Å². The normalized spacial score (nSPS) is 15.3. The highest BCUT2D eigenvalue weighted by Gasteiger charge is 2.22. The zero-order chi connectivity index (χ0) is 20.5. The Kier molecular flexibility index (Phi) is 5.09. The molecule has 0 unspecified atom stereocenters. The maximum absolute atomic E-state index is 12.2. The number of esters is 1. The summed E-state index contributed by atoms with van der Waals surface area (Å²) in [6.45, 7) is 1.47. The second-order valence-electron chi connectivity index (χ2n) is 6.33.